The van der Waals surface area contributed by atoms with Gasteiger partial charge in [-0.3, -0.25) is 0 Å². The Hall–Kier alpha value is -2.41. The second kappa shape index (κ2) is 6.15. The Morgan fingerprint density at radius 1 is 1.09 bits per heavy atom. The van der Waals surface area contributed by atoms with Crippen LogP contribution in [0.5, 0.6) is 0 Å². The average molecular weight is 323 g/mol. The van der Waals surface area contributed by atoms with Crippen LogP contribution >= 0.6 is 0 Å². The molecule has 0 aliphatic rings. The molecule has 0 atom stereocenters. The van der Waals surface area contributed by atoms with Crippen LogP contribution in [-0.2, 0) is 14.8 Å². The van der Waals surface area contributed by atoms with Crippen molar-refractivity contribution in [3.63, 3.8) is 0 Å². The quantitative estimate of drug-likeness (QED) is 0.641. The number of nitrogens with zero attached hydrogens (tertiary/aromatic N) is 1. The van der Waals surface area contributed by atoms with Gasteiger partial charge in [-0.25, -0.2) is 4.79 Å². The molecule has 0 amide bonds. The van der Waals surface area contributed by atoms with Gasteiger partial charge in [-0.15, -0.1) is 0 Å². The van der Waals surface area contributed by atoms with Crippen LogP contribution in [0.25, 0.3) is 0 Å². The van der Waals surface area contributed by atoms with E-state index in [4.69, 9.17) is 0 Å². The maximum atomic E-state index is 14.4. The fourth-order valence-corrected chi connectivity index (χ4v) is 3.11. The van der Waals surface area contributed by atoms with Crippen molar-refractivity contribution < 1.29 is 22.4 Å². The highest BCUT2D eigenvalue weighted by molar-refractivity contribution is 7.92. The summed E-state index contributed by atoms with van der Waals surface area (Å²) in [6.45, 7) is 1.80. The molecule has 0 radical (unpaired) electrons. The van der Waals surface area contributed by atoms with Gasteiger partial charge in [-0.1, -0.05) is 38.8 Å². The van der Waals surface area contributed by atoms with Crippen LogP contribution in [-0.4, -0.2) is 21.5 Å². The maximum absolute atomic E-state index is 14.4. The number of aryl methyl sites for hydroxylation is 1. The van der Waals surface area contributed by atoms with Crippen molar-refractivity contribution in [2.24, 2.45) is 0 Å². The summed E-state index contributed by atoms with van der Waals surface area (Å²) in [5.41, 5.74) is 0.495. The molecule has 0 fully saturated rings. The zero-order valence-corrected chi connectivity index (χ0v) is 12.8. The highest BCUT2D eigenvalue weighted by Gasteiger charge is 2.30. The van der Waals surface area contributed by atoms with E-state index in [1.807, 2.05) is 0 Å². The third kappa shape index (κ3) is 2.94. The van der Waals surface area contributed by atoms with Crippen LogP contribution in [0.4, 0.5) is 10.2 Å². The molecule has 0 spiro atoms. The van der Waals surface area contributed by atoms with Gasteiger partial charge >= 0.3 is 5.97 Å². The molecule has 0 N–H and O–H groups in total. The Balaban J connectivity index is 2.51. The number of hydrogen-bond acceptors (Lipinski definition) is 4. The van der Waals surface area contributed by atoms with E-state index in [1.165, 1.54) is 30.3 Å². The third-order valence-corrected chi connectivity index (χ3v) is 4.56. The van der Waals surface area contributed by atoms with E-state index in [1.54, 1.807) is 19.1 Å². The van der Waals surface area contributed by atoms with Crippen LogP contribution in [0.3, 0.4) is 0 Å². The van der Waals surface area contributed by atoms with Gasteiger partial charge in [-0.05, 0) is 31.2 Å². The lowest BCUT2D eigenvalue weighted by Crippen LogP contribution is -2.24. The molecule has 7 heteroatoms. The predicted octanol–water partition coefficient (Wildman–Crippen LogP) is 2.86. The van der Waals surface area contributed by atoms with E-state index in [-0.39, 0.29) is 15.8 Å². The Morgan fingerprint density at radius 2 is 1.68 bits per heavy atom. The zero-order valence-electron chi connectivity index (χ0n) is 12.0. The van der Waals surface area contributed by atoms with Crippen molar-refractivity contribution in [3.05, 3.63) is 59.7 Å². The summed E-state index contributed by atoms with van der Waals surface area (Å²) in [4.78, 5) is 11.2. The largest absolute Gasteiger partial charge is 0.465 e. The number of rotatable bonds is 4. The molecule has 0 saturated heterocycles. The monoisotopic (exact) mass is 323 g/mol. The molecule has 2 aromatic rings. The lowest BCUT2D eigenvalue weighted by Gasteiger charge is -2.16. The second-order valence-electron chi connectivity index (χ2n) is 4.54. The second-order valence-corrected chi connectivity index (χ2v) is 6.25. The number of sulfonamides is 1. The van der Waals surface area contributed by atoms with Crippen molar-refractivity contribution in [1.29, 1.82) is 0 Å². The number of hydrogen-bond donors (Lipinski definition) is 0. The minimum absolute atomic E-state index is 0.148. The topological polar surface area (TPSA) is 63.7 Å². The first-order valence-electron chi connectivity index (χ1n) is 6.33. The molecule has 5 nitrogen and oxygen atoms in total. The van der Waals surface area contributed by atoms with E-state index in [0.717, 1.165) is 18.7 Å². The molecular formula is C15H14FNO4S. The van der Waals surface area contributed by atoms with E-state index in [9.17, 15) is 17.7 Å². The van der Waals surface area contributed by atoms with Crippen LogP contribution in [0, 0.1) is 6.92 Å². The maximum Gasteiger partial charge on any atom is 0.339 e. The minimum Gasteiger partial charge on any atom is -0.465 e. The highest BCUT2D eigenvalue weighted by Crippen LogP contribution is 2.26. The molecular weight excluding hydrogens is 309 g/mol. The molecule has 0 unspecified atom stereocenters. The van der Waals surface area contributed by atoms with Gasteiger partial charge in [0.15, 0.2) is 0 Å². The summed E-state index contributed by atoms with van der Waals surface area (Å²) < 4.78 is 43.4. The number of benzene rings is 2. The summed E-state index contributed by atoms with van der Waals surface area (Å²) in [5, 5.41) is 0. The van der Waals surface area contributed by atoms with Gasteiger partial charge in [0.25, 0.3) is 10.0 Å². The first-order valence-corrected chi connectivity index (χ1v) is 7.77. The van der Waals surface area contributed by atoms with Gasteiger partial charge in [0, 0.05) is 0 Å². The van der Waals surface area contributed by atoms with Crippen LogP contribution in [0.2, 0.25) is 0 Å². The van der Waals surface area contributed by atoms with Gasteiger partial charge in [0.2, 0.25) is 0 Å². The minimum atomic E-state index is -4.52. The van der Waals surface area contributed by atoms with Crippen LogP contribution < -0.4 is 4.53 Å². The molecule has 2 rings (SSSR count). The molecule has 0 aromatic heterocycles. The first kappa shape index (κ1) is 16.0. The average Bonchev–Trinajstić information content (AvgIpc) is 2.54. The van der Waals surface area contributed by atoms with Crippen molar-refractivity contribution >= 4 is 21.7 Å². The van der Waals surface area contributed by atoms with Crippen molar-refractivity contribution in [1.82, 2.24) is 0 Å². The molecule has 0 saturated carbocycles. The van der Waals surface area contributed by atoms with Crippen molar-refractivity contribution in [2.75, 3.05) is 11.6 Å². The Morgan fingerprint density at radius 3 is 2.27 bits per heavy atom. The fraction of sp³-hybridized carbons (Fsp3) is 0.133. The number of carbonyl (C=O) groups is 1. The molecule has 0 heterocycles. The van der Waals surface area contributed by atoms with E-state index < -0.39 is 20.9 Å². The third-order valence-electron chi connectivity index (χ3n) is 3.02. The number of esters is 1. The van der Waals surface area contributed by atoms with Crippen molar-refractivity contribution in [2.45, 2.75) is 11.8 Å². The van der Waals surface area contributed by atoms with Gasteiger partial charge < -0.3 is 4.74 Å². The van der Waals surface area contributed by atoms with E-state index in [2.05, 4.69) is 4.74 Å². The smallest absolute Gasteiger partial charge is 0.339 e. The number of ether oxygens (including phenoxy) is 1. The summed E-state index contributed by atoms with van der Waals surface area (Å²) >= 11 is 0. The van der Waals surface area contributed by atoms with E-state index >= 15 is 0 Å². The Bertz CT molecular complexity index is 787. The summed E-state index contributed by atoms with van der Waals surface area (Å²) in [6.07, 6.45) is 0. The highest BCUT2D eigenvalue weighted by atomic mass is 32.2. The zero-order chi connectivity index (χ0) is 16.3. The number of methoxy groups -OCH3 is 1. The normalized spacial score (nSPS) is 11.0. The predicted molar refractivity (Wildman–Crippen MR) is 79.7 cm³/mol. The number of carbonyl (C=O) groups excluding carboxylic acids is 1. The lowest BCUT2D eigenvalue weighted by atomic mass is 10.2. The lowest BCUT2D eigenvalue weighted by molar-refractivity contribution is 0.0596. The van der Waals surface area contributed by atoms with Gasteiger partial charge in [0.05, 0.1) is 18.4 Å². The number of halogens is 1. The molecule has 22 heavy (non-hydrogen) atoms. The van der Waals surface area contributed by atoms with Crippen LogP contribution in [0.15, 0.2) is 53.4 Å². The summed E-state index contributed by atoms with van der Waals surface area (Å²) in [6, 6.07) is 11.2. The van der Waals surface area contributed by atoms with Gasteiger partial charge in [0.1, 0.15) is 4.90 Å². The van der Waals surface area contributed by atoms with Crippen molar-refractivity contribution in [3.8, 4) is 0 Å². The molecule has 0 aliphatic heterocycles. The fourth-order valence-electron chi connectivity index (χ4n) is 1.86. The number of anilines is 1. The van der Waals surface area contributed by atoms with Crippen LogP contribution in [0.1, 0.15) is 15.9 Å². The van der Waals surface area contributed by atoms with Gasteiger partial charge in [-0.2, -0.15) is 8.42 Å². The standard InChI is InChI=1S/C15H14FNO4S/c1-11-7-9-12(10-8-11)17(16)22(19,20)14-6-4-3-5-13(14)15(18)21-2/h3-10H,1-2H3. The molecule has 116 valence electrons. The SMILES string of the molecule is COC(=O)c1ccccc1S(=O)(=O)N(F)c1ccc(C)cc1. The Kier molecular flexibility index (Phi) is 4.46. The first-order chi connectivity index (χ1) is 10.4. The molecule has 0 bridgehead atoms. The molecule has 2 aromatic carbocycles. The Labute approximate surface area is 127 Å². The molecule has 0 aliphatic carbocycles. The summed E-state index contributed by atoms with van der Waals surface area (Å²) in [7, 11) is -3.40. The summed E-state index contributed by atoms with van der Waals surface area (Å²) in [5.74, 6) is -0.850. The van der Waals surface area contributed by atoms with E-state index in [0.29, 0.717) is 0 Å².